The van der Waals surface area contributed by atoms with Crippen molar-refractivity contribution in [2.45, 2.75) is 12.5 Å². The molecule has 0 saturated carbocycles. The van der Waals surface area contributed by atoms with Gasteiger partial charge < -0.3 is 24.4 Å². The molecule has 1 atom stereocenters. The molecule has 0 bridgehead atoms. The average molecular weight is 435 g/mol. The number of amides is 1. The lowest BCUT2D eigenvalue weighted by atomic mass is 10.0. The van der Waals surface area contributed by atoms with Crippen molar-refractivity contribution in [1.29, 1.82) is 0 Å². The lowest BCUT2D eigenvalue weighted by molar-refractivity contribution is -0.125. The van der Waals surface area contributed by atoms with Crippen LogP contribution in [0.4, 0.5) is 5.69 Å². The van der Waals surface area contributed by atoms with Gasteiger partial charge in [-0.3, -0.25) is 4.79 Å². The fourth-order valence-electron chi connectivity index (χ4n) is 2.73. The highest BCUT2D eigenvalue weighted by molar-refractivity contribution is 9.10. The summed E-state index contributed by atoms with van der Waals surface area (Å²) in [5.74, 6) is 1.05. The van der Waals surface area contributed by atoms with Crippen LogP contribution in [0, 0.1) is 0 Å². The molecule has 0 radical (unpaired) electrons. The maximum Gasteiger partial charge on any atom is 0.268 e. The number of hydrogen-bond donors (Lipinski definition) is 1. The van der Waals surface area contributed by atoms with Crippen molar-refractivity contribution in [3.05, 3.63) is 46.4 Å². The van der Waals surface area contributed by atoms with E-state index in [2.05, 4.69) is 26.4 Å². The summed E-state index contributed by atoms with van der Waals surface area (Å²) < 4.78 is 16.8. The van der Waals surface area contributed by atoms with Crippen LogP contribution < -0.4 is 19.5 Å². The summed E-state index contributed by atoms with van der Waals surface area (Å²) in [5, 5.41) is 6.86. The van der Waals surface area contributed by atoms with Crippen LogP contribution in [-0.2, 0) is 9.63 Å². The monoisotopic (exact) mass is 434 g/mol. The number of halogens is 1. The lowest BCUT2D eigenvalue weighted by Gasteiger charge is -2.15. The van der Waals surface area contributed by atoms with Crippen molar-refractivity contribution in [1.82, 2.24) is 0 Å². The zero-order chi connectivity index (χ0) is 19.4. The molecule has 7 nitrogen and oxygen atoms in total. The molecule has 142 valence electrons. The van der Waals surface area contributed by atoms with Crippen molar-refractivity contribution in [2.24, 2.45) is 5.16 Å². The zero-order valence-corrected chi connectivity index (χ0v) is 16.7. The fraction of sp³-hybridized carbons (Fsp3) is 0.263. The molecule has 0 aliphatic carbocycles. The normalized spacial score (nSPS) is 15.6. The Bertz CT molecular complexity index is 859. The highest BCUT2D eigenvalue weighted by Crippen LogP contribution is 2.40. The summed E-state index contributed by atoms with van der Waals surface area (Å²) in [6, 6.07) is 11.0. The summed E-state index contributed by atoms with van der Waals surface area (Å²) in [6.07, 6.45) is -0.328. The lowest BCUT2D eigenvalue weighted by Crippen LogP contribution is -2.28. The van der Waals surface area contributed by atoms with Crippen molar-refractivity contribution in [3.63, 3.8) is 0 Å². The Morgan fingerprint density at radius 1 is 1.15 bits per heavy atom. The topological polar surface area (TPSA) is 78.4 Å². The summed E-state index contributed by atoms with van der Waals surface area (Å²) >= 11 is 3.43. The maximum atomic E-state index is 12.6. The third-order valence-corrected chi connectivity index (χ3v) is 4.54. The van der Waals surface area contributed by atoms with Gasteiger partial charge in [-0.15, -0.1) is 0 Å². The van der Waals surface area contributed by atoms with Gasteiger partial charge in [-0.2, -0.15) is 0 Å². The first-order chi connectivity index (χ1) is 13.0. The molecule has 3 rings (SSSR count). The SMILES string of the molecule is COc1cc(NC(=O)[C@@H]2CC(c3cccc(Br)c3)=NO2)cc(OC)c1OC. The molecular formula is C19H19BrN2O5. The second-order valence-electron chi connectivity index (χ2n) is 5.75. The van der Waals surface area contributed by atoms with Crippen molar-refractivity contribution in [3.8, 4) is 17.2 Å². The number of ether oxygens (including phenoxy) is 3. The molecule has 2 aromatic carbocycles. The quantitative estimate of drug-likeness (QED) is 0.750. The van der Waals surface area contributed by atoms with Gasteiger partial charge in [-0.05, 0) is 12.1 Å². The van der Waals surface area contributed by atoms with Crippen LogP contribution in [0.5, 0.6) is 17.2 Å². The van der Waals surface area contributed by atoms with E-state index in [1.807, 2.05) is 24.3 Å². The van der Waals surface area contributed by atoms with Crippen molar-refractivity contribution >= 4 is 33.2 Å². The van der Waals surface area contributed by atoms with E-state index in [1.54, 1.807) is 12.1 Å². The molecule has 2 aromatic rings. The van der Waals surface area contributed by atoms with Crippen LogP contribution in [0.15, 0.2) is 46.0 Å². The third-order valence-electron chi connectivity index (χ3n) is 4.05. The van der Waals surface area contributed by atoms with Crippen LogP contribution in [0.1, 0.15) is 12.0 Å². The highest BCUT2D eigenvalue weighted by atomic mass is 79.9. The Labute approximate surface area is 165 Å². The first-order valence-electron chi connectivity index (χ1n) is 8.15. The van der Waals surface area contributed by atoms with Gasteiger partial charge in [0.2, 0.25) is 11.9 Å². The second-order valence-corrected chi connectivity index (χ2v) is 6.67. The molecule has 0 aromatic heterocycles. The van der Waals surface area contributed by atoms with Crippen LogP contribution in [0.25, 0.3) is 0 Å². The van der Waals surface area contributed by atoms with Crippen molar-refractivity contribution in [2.75, 3.05) is 26.6 Å². The molecular weight excluding hydrogens is 416 g/mol. The Balaban J connectivity index is 1.72. The maximum absolute atomic E-state index is 12.6. The molecule has 0 saturated heterocycles. The molecule has 1 heterocycles. The number of carbonyl (C=O) groups excluding carboxylic acids is 1. The number of oxime groups is 1. The number of anilines is 1. The van der Waals surface area contributed by atoms with Crippen LogP contribution >= 0.6 is 15.9 Å². The number of carbonyl (C=O) groups is 1. The summed E-state index contributed by atoms with van der Waals surface area (Å²) in [4.78, 5) is 17.9. The highest BCUT2D eigenvalue weighted by Gasteiger charge is 2.29. The molecule has 0 spiro atoms. The van der Waals surface area contributed by atoms with Crippen LogP contribution in [0.3, 0.4) is 0 Å². The first kappa shape index (κ1) is 19.0. The number of nitrogens with zero attached hydrogens (tertiary/aromatic N) is 1. The minimum Gasteiger partial charge on any atom is -0.493 e. The average Bonchev–Trinajstić information content (AvgIpc) is 3.17. The number of methoxy groups -OCH3 is 3. The molecule has 0 fully saturated rings. The number of nitrogens with one attached hydrogen (secondary N) is 1. The van der Waals surface area contributed by atoms with Gasteiger partial charge in [0.05, 0.1) is 27.0 Å². The largest absolute Gasteiger partial charge is 0.493 e. The number of rotatable bonds is 6. The van der Waals surface area contributed by atoms with Crippen LogP contribution in [-0.4, -0.2) is 39.1 Å². The summed E-state index contributed by atoms with van der Waals surface area (Å²) in [6.45, 7) is 0. The van der Waals surface area contributed by atoms with E-state index in [1.165, 1.54) is 21.3 Å². The van der Waals surface area contributed by atoms with E-state index in [0.29, 0.717) is 29.4 Å². The van der Waals surface area contributed by atoms with Crippen molar-refractivity contribution < 1.29 is 23.8 Å². The van der Waals surface area contributed by atoms with Gasteiger partial charge in [-0.1, -0.05) is 33.2 Å². The number of benzene rings is 2. The standard InChI is InChI=1S/C19H19BrN2O5/c1-24-15-8-13(9-16(25-2)18(15)26-3)21-19(23)17-10-14(22-27-17)11-5-4-6-12(20)7-11/h4-9,17H,10H2,1-3H3,(H,21,23)/t17-/m0/s1. The van der Waals surface area contributed by atoms with Gasteiger partial charge in [-0.25, -0.2) is 0 Å². The molecule has 27 heavy (non-hydrogen) atoms. The minimum absolute atomic E-state index is 0.307. The molecule has 1 aliphatic heterocycles. The molecule has 8 heteroatoms. The van der Waals surface area contributed by atoms with E-state index < -0.39 is 6.10 Å². The van der Waals surface area contributed by atoms with Gasteiger partial charge >= 0.3 is 0 Å². The van der Waals surface area contributed by atoms with E-state index in [9.17, 15) is 4.79 Å². The Kier molecular flexibility index (Phi) is 5.85. The summed E-state index contributed by atoms with van der Waals surface area (Å²) in [5.41, 5.74) is 2.14. The zero-order valence-electron chi connectivity index (χ0n) is 15.1. The Morgan fingerprint density at radius 2 is 1.85 bits per heavy atom. The van der Waals surface area contributed by atoms with Gasteiger partial charge in [0.1, 0.15) is 0 Å². The molecule has 0 unspecified atom stereocenters. The minimum atomic E-state index is -0.710. The molecule has 1 N–H and O–H groups in total. The molecule has 1 amide bonds. The van der Waals surface area contributed by atoms with Gasteiger partial charge in [0.25, 0.3) is 5.91 Å². The van der Waals surface area contributed by atoms with E-state index in [4.69, 9.17) is 19.0 Å². The van der Waals surface area contributed by atoms with E-state index in [0.717, 1.165) is 15.7 Å². The predicted octanol–water partition coefficient (Wildman–Crippen LogP) is 3.61. The van der Waals surface area contributed by atoms with Crippen LogP contribution in [0.2, 0.25) is 0 Å². The summed E-state index contributed by atoms with van der Waals surface area (Å²) in [7, 11) is 4.55. The first-order valence-corrected chi connectivity index (χ1v) is 8.94. The van der Waals surface area contributed by atoms with E-state index >= 15 is 0 Å². The Morgan fingerprint density at radius 3 is 2.44 bits per heavy atom. The Hall–Kier alpha value is -2.74. The predicted molar refractivity (Wildman–Crippen MR) is 105 cm³/mol. The molecule has 1 aliphatic rings. The number of hydrogen-bond acceptors (Lipinski definition) is 6. The van der Waals surface area contributed by atoms with Gasteiger partial charge in [0.15, 0.2) is 11.5 Å². The van der Waals surface area contributed by atoms with E-state index in [-0.39, 0.29) is 5.91 Å². The van der Waals surface area contributed by atoms with Gasteiger partial charge in [0, 0.05) is 34.3 Å². The fourth-order valence-corrected chi connectivity index (χ4v) is 3.13. The second kappa shape index (κ2) is 8.30. The third kappa shape index (κ3) is 4.16. The smallest absolute Gasteiger partial charge is 0.268 e.